The van der Waals surface area contributed by atoms with Gasteiger partial charge in [-0.15, -0.1) is 0 Å². The van der Waals surface area contributed by atoms with Crippen LogP contribution in [0.15, 0.2) is 51.8 Å². The molecule has 0 aromatic heterocycles. The van der Waals surface area contributed by atoms with Crippen molar-refractivity contribution in [2.75, 3.05) is 31.0 Å². The third-order valence-corrected chi connectivity index (χ3v) is 5.81. The minimum Gasteiger partial charge on any atom is -0.496 e. The number of carbonyl (C=O) groups excluding carboxylic acids is 1. The molecule has 0 aliphatic carbocycles. The third kappa shape index (κ3) is 3.79. The van der Waals surface area contributed by atoms with Gasteiger partial charge in [0.1, 0.15) is 5.75 Å². The number of methoxy groups -OCH3 is 1. The van der Waals surface area contributed by atoms with Gasteiger partial charge in [-0.2, -0.15) is 0 Å². The first-order chi connectivity index (χ1) is 12.4. The van der Waals surface area contributed by atoms with Crippen molar-refractivity contribution in [1.29, 1.82) is 0 Å². The fourth-order valence-electron chi connectivity index (χ4n) is 2.51. The number of hydrogen-bond donors (Lipinski definition) is 0. The monoisotopic (exact) mass is 448 g/mol. The van der Waals surface area contributed by atoms with E-state index in [0.717, 1.165) is 27.2 Å². The van der Waals surface area contributed by atoms with Crippen LogP contribution in [0.4, 0.5) is 11.4 Å². The highest BCUT2D eigenvalue weighted by Gasteiger charge is 2.33. The number of thioether (sulfide) groups is 1. The summed E-state index contributed by atoms with van der Waals surface area (Å²) in [7, 11) is 5.57. The summed E-state index contributed by atoms with van der Waals surface area (Å²) in [6.45, 7) is 0. The highest BCUT2D eigenvalue weighted by atomic mass is 79.9. The first-order valence-corrected chi connectivity index (χ1v) is 9.81. The summed E-state index contributed by atoms with van der Waals surface area (Å²) in [6.07, 6.45) is 1.84. The molecule has 0 saturated carbocycles. The second-order valence-electron chi connectivity index (χ2n) is 5.82. The van der Waals surface area contributed by atoms with Crippen LogP contribution in [0.2, 0.25) is 0 Å². The van der Waals surface area contributed by atoms with Crippen molar-refractivity contribution in [2.24, 2.45) is 0 Å². The summed E-state index contributed by atoms with van der Waals surface area (Å²) >= 11 is 10.2. The third-order valence-electron chi connectivity index (χ3n) is 3.89. The molecule has 1 heterocycles. The maximum Gasteiger partial charge on any atom is 0.270 e. The van der Waals surface area contributed by atoms with Crippen LogP contribution in [0.1, 0.15) is 5.56 Å². The Kier molecular flexibility index (Phi) is 5.70. The number of amides is 1. The molecule has 0 atom stereocenters. The second-order valence-corrected chi connectivity index (χ2v) is 8.35. The summed E-state index contributed by atoms with van der Waals surface area (Å²) in [5, 5.41) is 0. The van der Waals surface area contributed by atoms with Crippen LogP contribution in [-0.4, -0.2) is 31.4 Å². The van der Waals surface area contributed by atoms with Gasteiger partial charge in [0.2, 0.25) is 0 Å². The van der Waals surface area contributed by atoms with Crippen molar-refractivity contribution < 1.29 is 9.53 Å². The van der Waals surface area contributed by atoms with E-state index in [4.69, 9.17) is 17.0 Å². The first kappa shape index (κ1) is 18.9. The Balaban J connectivity index is 1.87. The quantitative estimate of drug-likeness (QED) is 0.488. The molecule has 0 spiro atoms. The maximum absolute atomic E-state index is 12.9. The van der Waals surface area contributed by atoms with Crippen molar-refractivity contribution in [3.8, 4) is 5.75 Å². The molecule has 1 aliphatic rings. The van der Waals surface area contributed by atoms with Crippen LogP contribution in [0.25, 0.3) is 6.08 Å². The van der Waals surface area contributed by atoms with Gasteiger partial charge in [0.25, 0.3) is 5.91 Å². The van der Waals surface area contributed by atoms with Crippen LogP contribution in [0.5, 0.6) is 5.75 Å². The Morgan fingerprint density at radius 1 is 1.19 bits per heavy atom. The van der Waals surface area contributed by atoms with Crippen LogP contribution >= 0.6 is 39.9 Å². The van der Waals surface area contributed by atoms with Gasteiger partial charge in [-0.25, -0.2) is 0 Å². The smallest absolute Gasteiger partial charge is 0.270 e. The van der Waals surface area contributed by atoms with Gasteiger partial charge in [-0.1, -0.05) is 30.0 Å². The molecule has 3 rings (SSSR count). The molecule has 1 fully saturated rings. The molecule has 1 amide bonds. The average molecular weight is 449 g/mol. The van der Waals surface area contributed by atoms with Gasteiger partial charge in [0.15, 0.2) is 4.32 Å². The Bertz CT molecular complexity index is 895. The lowest BCUT2D eigenvalue weighted by Gasteiger charge is -2.17. The predicted octanol–water partition coefficient (Wildman–Crippen LogP) is 4.93. The number of ether oxygens (including phenoxy) is 1. The Hall–Kier alpha value is -1.83. The molecule has 2 aromatic rings. The number of halogens is 1. The fraction of sp³-hybridized carbons (Fsp3) is 0.158. The number of rotatable bonds is 4. The Morgan fingerprint density at radius 3 is 2.46 bits per heavy atom. The SMILES string of the molecule is COc1ccc(/C=C2/SC(=S)N(c3ccc(N(C)C)cc3)C2=O)cc1Br. The van der Waals surface area contributed by atoms with E-state index in [1.807, 2.05) is 67.5 Å². The summed E-state index contributed by atoms with van der Waals surface area (Å²) < 4.78 is 6.61. The van der Waals surface area contributed by atoms with E-state index in [-0.39, 0.29) is 5.91 Å². The van der Waals surface area contributed by atoms with E-state index in [1.54, 1.807) is 12.0 Å². The van der Waals surface area contributed by atoms with Gasteiger partial charge in [-0.3, -0.25) is 9.69 Å². The van der Waals surface area contributed by atoms with E-state index in [2.05, 4.69) is 15.9 Å². The van der Waals surface area contributed by atoms with Crippen LogP contribution in [0, 0.1) is 0 Å². The lowest BCUT2D eigenvalue weighted by molar-refractivity contribution is -0.113. The molecule has 4 nitrogen and oxygen atoms in total. The number of nitrogens with zero attached hydrogens (tertiary/aromatic N) is 2. The van der Waals surface area contributed by atoms with E-state index in [0.29, 0.717) is 9.23 Å². The molecule has 0 N–H and O–H groups in total. The van der Waals surface area contributed by atoms with Gasteiger partial charge >= 0.3 is 0 Å². The van der Waals surface area contributed by atoms with Crippen LogP contribution in [0.3, 0.4) is 0 Å². The molecule has 0 radical (unpaired) electrons. The van der Waals surface area contributed by atoms with Crippen molar-refractivity contribution in [1.82, 2.24) is 0 Å². The number of benzene rings is 2. The maximum atomic E-state index is 12.9. The highest BCUT2D eigenvalue weighted by Crippen LogP contribution is 2.37. The van der Waals surface area contributed by atoms with E-state index in [1.165, 1.54) is 11.8 Å². The van der Waals surface area contributed by atoms with E-state index < -0.39 is 0 Å². The molecule has 1 saturated heterocycles. The minimum atomic E-state index is -0.107. The second kappa shape index (κ2) is 7.82. The molecule has 7 heteroatoms. The molecule has 2 aromatic carbocycles. The zero-order valence-electron chi connectivity index (χ0n) is 14.5. The van der Waals surface area contributed by atoms with Crippen molar-refractivity contribution in [3.63, 3.8) is 0 Å². The summed E-state index contributed by atoms with van der Waals surface area (Å²) in [5.74, 6) is 0.639. The molecule has 0 unspecified atom stereocenters. The molecule has 26 heavy (non-hydrogen) atoms. The predicted molar refractivity (Wildman–Crippen MR) is 117 cm³/mol. The summed E-state index contributed by atoms with van der Waals surface area (Å²) in [4.78, 5) is 17.0. The fourth-order valence-corrected chi connectivity index (χ4v) is 4.37. The zero-order chi connectivity index (χ0) is 18.8. The zero-order valence-corrected chi connectivity index (χ0v) is 17.7. The Morgan fingerprint density at radius 2 is 1.88 bits per heavy atom. The van der Waals surface area contributed by atoms with Crippen molar-refractivity contribution >= 4 is 67.6 Å². The summed E-state index contributed by atoms with van der Waals surface area (Å²) in [5.41, 5.74) is 2.75. The highest BCUT2D eigenvalue weighted by molar-refractivity contribution is 9.10. The first-order valence-electron chi connectivity index (χ1n) is 7.79. The van der Waals surface area contributed by atoms with E-state index in [9.17, 15) is 4.79 Å². The van der Waals surface area contributed by atoms with Crippen molar-refractivity contribution in [3.05, 3.63) is 57.4 Å². The van der Waals surface area contributed by atoms with Gasteiger partial charge in [0, 0.05) is 19.8 Å². The molecule has 1 aliphatic heterocycles. The topological polar surface area (TPSA) is 32.8 Å². The van der Waals surface area contributed by atoms with Gasteiger partial charge in [-0.05, 0) is 64.0 Å². The Labute approximate surface area is 170 Å². The number of thiocarbonyl (C=S) groups is 1. The standard InChI is InChI=1S/C19H17BrN2O2S2/c1-21(2)13-5-7-14(8-6-13)22-18(23)17(26-19(22)25)11-12-4-9-16(24-3)15(20)10-12/h4-11H,1-3H3/b17-11+. The normalized spacial score (nSPS) is 15.7. The number of anilines is 2. The molecular weight excluding hydrogens is 432 g/mol. The largest absolute Gasteiger partial charge is 0.496 e. The molecule has 0 bridgehead atoms. The minimum absolute atomic E-state index is 0.107. The van der Waals surface area contributed by atoms with Crippen LogP contribution in [-0.2, 0) is 4.79 Å². The van der Waals surface area contributed by atoms with Gasteiger partial charge in [0.05, 0.1) is 22.2 Å². The lowest BCUT2D eigenvalue weighted by atomic mass is 10.2. The average Bonchev–Trinajstić information content (AvgIpc) is 2.89. The lowest BCUT2D eigenvalue weighted by Crippen LogP contribution is -2.27. The van der Waals surface area contributed by atoms with Crippen molar-refractivity contribution in [2.45, 2.75) is 0 Å². The molecule has 134 valence electrons. The number of carbonyl (C=O) groups is 1. The summed E-state index contributed by atoms with van der Waals surface area (Å²) in [6, 6.07) is 13.4. The molecular formula is C19H17BrN2O2S2. The number of hydrogen-bond acceptors (Lipinski definition) is 5. The van der Waals surface area contributed by atoms with E-state index >= 15 is 0 Å². The van der Waals surface area contributed by atoms with Crippen LogP contribution < -0.4 is 14.5 Å². The van der Waals surface area contributed by atoms with Gasteiger partial charge < -0.3 is 9.64 Å².